The van der Waals surface area contributed by atoms with Crippen LogP contribution in [0.1, 0.15) is 38.7 Å². The van der Waals surface area contributed by atoms with Crippen LogP contribution in [0.5, 0.6) is 0 Å². The third-order valence-corrected chi connectivity index (χ3v) is 8.54. The molecular weight excluding hydrogens is 584 g/mol. The van der Waals surface area contributed by atoms with Crippen molar-refractivity contribution in [2.75, 3.05) is 40.0 Å². The Morgan fingerprint density at radius 2 is 1.64 bits per heavy atom. The lowest BCUT2D eigenvalue weighted by atomic mass is 9.99. The number of benzene rings is 1. The lowest BCUT2D eigenvalue weighted by molar-refractivity contribution is -0.143. The molecule has 4 rings (SSSR count). The SMILES string of the molecule is CC(C)[C@H]1NC(=O)CN(C)C(=O)[C@H](CO)NC(=O)[C@@H]2C[C@H](NC(=O)C3CCOCC3)CN2C(=O)[C@H](Cc2ccccc2)NC1=O. The van der Waals surface area contributed by atoms with Gasteiger partial charge in [0, 0.05) is 45.2 Å². The topological polar surface area (TPSA) is 186 Å². The number of hydrogen-bond donors (Lipinski definition) is 5. The molecule has 1 aromatic rings. The number of carbonyl (C=O) groups excluding carboxylic acids is 6. The number of nitrogens with zero attached hydrogens (tertiary/aromatic N) is 2. The Bertz CT molecular complexity index is 1250. The molecule has 246 valence electrons. The number of aliphatic hydroxyl groups is 1. The van der Waals surface area contributed by atoms with Crippen LogP contribution in [0.3, 0.4) is 0 Å². The van der Waals surface area contributed by atoms with E-state index >= 15 is 0 Å². The predicted octanol–water partition coefficient (Wildman–Crippen LogP) is -1.68. The molecular formula is C31H44N6O8. The number of fused-ring (bicyclic) bond motifs is 1. The summed E-state index contributed by atoms with van der Waals surface area (Å²) in [5, 5.41) is 21.0. The lowest BCUT2D eigenvalue weighted by Gasteiger charge is -2.30. The van der Waals surface area contributed by atoms with Gasteiger partial charge in [-0.3, -0.25) is 28.8 Å². The van der Waals surface area contributed by atoms with Gasteiger partial charge in [-0.1, -0.05) is 44.2 Å². The average Bonchev–Trinajstić information content (AvgIpc) is 3.45. The minimum Gasteiger partial charge on any atom is -0.394 e. The normalized spacial score (nSPS) is 27.7. The number of rotatable bonds is 6. The Balaban J connectivity index is 1.69. The smallest absolute Gasteiger partial charge is 0.247 e. The highest BCUT2D eigenvalue weighted by molar-refractivity contribution is 5.97. The van der Waals surface area contributed by atoms with E-state index in [9.17, 15) is 33.9 Å². The molecule has 45 heavy (non-hydrogen) atoms. The molecule has 6 amide bonds. The molecule has 0 saturated carbocycles. The van der Waals surface area contributed by atoms with Crippen LogP contribution in [0.2, 0.25) is 0 Å². The summed E-state index contributed by atoms with van der Waals surface area (Å²) in [5.74, 6) is -3.98. The Labute approximate surface area is 262 Å². The predicted molar refractivity (Wildman–Crippen MR) is 161 cm³/mol. The molecule has 3 heterocycles. The van der Waals surface area contributed by atoms with Gasteiger partial charge in [0.2, 0.25) is 35.4 Å². The maximum absolute atomic E-state index is 14.3. The number of amides is 6. The molecule has 0 unspecified atom stereocenters. The van der Waals surface area contributed by atoms with Gasteiger partial charge in [0.15, 0.2) is 0 Å². The second-order valence-corrected chi connectivity index (χ2v) is 12.3. The van der Waals surface area contributed by atoms with Crippen molar-refractivity contribution in [3.8, 4) is 0 Å². The van der Waals surface area contributed by atoms with Gasteiger partial charge in [-0.2, -0.15) is 0 Å². The number of hydrogen-bond acceptors (Lipinski definition) is 8. The molecule has 0 aliphatic carbocycles. The summed E-state index contributed by atoms with van der Waals surface area (Å²) in [7, 11) is 1.35. The molecule has 0 bridgehead atoms. The van der Waals surface area contributed by atoms with Crippen LogP contribution < -0.4 is 21.3 Å². The van der Waals surface area contributed by atoms with Crippen LogP contribution in [0.25, 0.3) is 0 Å². The van der Waals surface area contributed by atoms with Gasteiger partial charge in [0.05, 0.1) is 13.2 Å². The Morgan fingerprint density at radius 3 is 2.29 bits per heavy atom. The molecule has 3 saturated heterocycles. The molecule has 3 aliphatic heterocycles. The third-order valence-electron chi connectivity index (χ3n) is 8.54. The zero-order valence-electron chi connectivity index (χ0n) is 26.0. The largest absolute Gasteiger partial charge is 0.394 e. The zero-order valence-corrected chi connectivity index (χ0v) is 26.0. The van der Waals surface area contributed by atoms with Crippen LogP contribution >= 0.6 is 0 Å². The number of carbonyl (C=O) groups is 6. The number of ether oxygens (including phenoxy) is 1. The molecule has 0 spiro atoms. The van der Waals surface area contributed by atoms with Crippen LogP contribution in [0.4, 0.5) is 0 Å². The van der Waals surface area contributed by atoms with E-state index in [2.05, 4.69) is 21.3 Å². The van der Waals surface area contributed by atoms with Gasteiger partial charge in [-0.15, -0.1) is 0 Å². The highest BCUT2D eigenvalue weighted by Gasteiger charge is 2.44. The summed E-state index contributed by atoms with van der Waals surface area (Å²) < 4.78 is 5.36. The fourth-order valence-electron chi connectivity index (χ4n) is 5.99. The van der Waals surface area contributed by atoms with Gasteiger partial charge < -0.3 is 40.9 Å². The highest BCUT2D eigenvalue weighted by Crippen LogP contribution is 2.23. The van der Waals surface area contributed by atoms with E-state index in [4.69, 9.17) is 4.74 Å². The summed E-state index contributed by atoms with van der Waals surface area (Å²) in [6.45, 7) is 3.26. The molecule has 5 atom stereocenters. The molecule has 1 aromatic carbocycles. The van der Waals surface area contributed by atoms with Crippen molar-refractivity contribution in [1.82, 2.24) is 31.1 Å². The summed E-state index contributed by atoms with van der Waals surface area (Å²) >= 11 is 0. The van der Waals surface area contributed by atoms with E-state index in [-0.39, 0.29) is 37.1 Å². The maximum atomic E-state index is 14.3. The van der Waals surface area contributed by atoms with Crippen LogP contribution in [-0.2, 0) is 39.9 Å². The van der Waals surface area contributed by atoms with Crippen LogP contribution in [-0.4, -0.2) is 121 Å². The van der Waals surface area contributed by atoms with E-state index in [0.717, 1.165) is 10.5 Å². The lowest BCUT2D eigenvalue weighted by Crippen LogP contribution is -2.58. The van der Waals surface area contributed by atoms with Crippen LogP contribution in [0.15, 0.2) is 30.3 Å². The molecule has 14 heteroatoms. The molecule has 0 radical (unpaired) electrons. The van der Waals surface area contributed by atoms with Gasteiger partial charge in [-0.05, 0) is 30.7 Å². The van der Waals surface area contributed by atoms with E-state index in [0.29, 0.717) is 26.1 Å². The minimum atomic E-state index is -1.38. The molecule has 3 aliphatic rings. The van der Waals surface area contributed by atoms with Gasteiger partial charge in [0.25, 0.3) is 0 Å². The first-order valence-electron chi connectivity index (χ1n) is 15.5. The zero-order chi connectivity index (χ0) is 32.7. The fraction of sp³-hybridized carbons (Fsp3) is 0.613. The van der Waals surface area contributed by atoms with Crippen molar-refractivity contribution < 1.29 is 38.6 Å². The summed E-state index contributed by atoms with van der Waals surface area (Å²) in [4.78, 5) is 83.0. The monoisotopic (exact) mass is 628 g/mol. The van der Waals surface area contributed by atoms with Gasteiger partial charge in [-0.25, -0.2) is 0 Å². The number of aliphatic hydroxyl groups excluding tert-OH is 1. The molecule has 3 fully saturated rings. The first-order valence-corrected chi connectivity index (χ1v) is 15.5. The molecule has 5 N–H and O–H groups in total. The average molecular weight is 629 g/mol. The Kier molecular flexibility index (Phi) is 11.5. The van der Waals surface area contributed by atoms with Crippen molar-refractivity contribution in [2.45, 2.75) is 69.7 Å². The van der Waals surface area contributed by atoms with Crippen molar-refractivity contribution >= 4 is 35.4 Å². The molecule has 14 nitrogen and oxygen atoms in total. The Morgan fingerprint density at radius 1 is 0.978 bits per heavy atom. The highest BCUT2D eigenvalue weighted by atomic mass is 16.5. The first-order chi connectivity index (χ1) is 21.5. The number of likely N-dealkylation sites (N-methyl/N-ethyl adjacent to an activating group) is 1. The Hall–Kier alpha value is -4.04. The van der Waals surface area contributed by atoms with E-state index in [1.807, 2.05) is 30.3 Å². The fourth-order valence-corrected chi connectivity index (χ4v) is 5.99. The summed E-state index contributed by atoms with van der Waals surface area (Å²) in [5.41, 5.74) is 0.760. The summed E-state index contributed by atoms with van der Waals surface area (Å²) in [6.07, 6.45) is 1.30. The third kappa shape index (κ3) is 8.57. The molecule has 0 aromatic heterocycles. The maximum Gasteiger partial charge on any atom is 0.247 e. The second-order valence-electron chi connectivity index (χ2n) is 12.3. The van der Waals surface area contributed by atoms with E-state index < -0.39 is 72.9 Å². The van der Waals surface area contributed by atoms with Crippen molar-refractivity contribution in [3.05, 3.63) is 35.9 Å². The van der Waals surface area contributed by atoms with E-state index in [1.165, 1.54) is 11.9 Å². The van der Waals surface area contributed by atoms with Crippen LogP contribution in [0, 0.1) is 11.8 Å². The van der Waals surface area contributed by atoms with Crippen molar-refractivity contribution in [3.63, 3.8) is 0 Å². The standard InChI is InChI=1S/C31H44N6O8/c1-18(2)26-29(42)33-22(13-19-7-5-4-6-8-19)31(44)37-15-21(32-27(40)20-9-11-45-12-10-20)14-24(37)28(41)34-23(17-38)30(43)36(3)16-25(39)35-26/h4-8,18,20-24,26,38H,9-17H2,1-3H3,(H,32,40)(H,33,42)(H,34,41)(H,35,39)/t21-,22-,23-,24-,26+/m0/s1. The number of nitrogens with one attached hydrogen (secondary N) is 4. The second kappa shape index (κ2) is 15.3. The van der Waals surface area contributed by atoms with Gasteiger partial charge >= 0.3 is 0 Å². The van der Waals surface area contributed by atoms with E-state index in [1.54, 1.807) is 13.8 Å². The summed E-state index contributed by atoms with van der Waals surface area (Å²) in [6, 6.07) is 3.88. The van der Waals surface area contributed by atoms with Crippen molar-refractivity contribution in [1.29, 1.82) is 0 Å². The van der Waals surface area contributed by atoms with Crippen molar-refractivity contribution in [2.24, 2.45) is 11.8 Å². The van der Waals surface area contributed by atoms with Gasteiger partial charge in [0.1, 0.15) is 24.2 Å². The quantitative estimate of drug-likeness (QED) is 0.247. The first kappa shape index (κ1) is 33.8. The minimum absolute atomic E-state index is 0.00493.